The minimum absolute atomic E-state index is 0.127. The van der Waals surface area contributed by atoms with Gasteiger partial charge in [-0.15, -0.1) is 0 Å². The molecule has 4 atom stereocenters. The van der Waals surface area contributed by atoms with Gasteiger partial charge in [-0.3, -0.25) is 9.59 Å². The molecule has 15 heteroatoms. The minimum atomic E-state index is -1.55. The molecule has 4 amide bonds. The van der Waals surface area contributed by atoms with Crippen molar-refractivity contribution in [3.8, 4) is 39.4 Å². The largest absolute Gasteiger partial charge is 0.489 e. The lowest BCUT2D eigenvalue weighted by Crippen LogP contribution is -2.51. The molecule has 0 aliphatic carbocycles. The Morgan fingerprint density at radius 3 is 1.83 bits per heavy atom. The maximum absolute atomic E-state index is 14.3. The summed E-state index contributed by atoms with van der Waals surface area (Å²) < 4.78 is 16.2. The molecule has 2 fully saturated rings. The molecule has 330 valence electrons. The van der Waals surface area contributed by atoms with Crippen molar-refractivity contribution >= 4 is 24.0 Å². The van der Waals surface area contributed by atoms with Gasteiger partial charge in [-0.25, -0.2) is 19.6 Å². The lowest BCUT2D eigenvalue weighted by molar-refractivity contribution is -0.150. The molecular weight excluding hydrogens is 813 g/mol. The van der Waals surface area contributed by atoms with Gasteiger partial charge in [0.1, 0.15) is 30.0 Å². The van der Waals surface area contributed by atoms with Crippen molar-refractivity contribution in [2.75, 3.05) is 20.2 Å². The molecule has 64 heavy (non-hydrogen) atoms. The Morgan fingerprint density at radius 2 is 1.28 bits per heavy atom. The molecule has 0 radical (unpaired) electrons. The molecule has 0 spiro atoms. The predicted molar refractivity (Wildman–Crippen MR) is 239 cm³/mol. The van der Waals surface area contributed by atoms with Gasteiger partial charge in [0.2, 0.25) is 5.91 Å². The molecule has 2 saturated heterocycles. The Kier molecular flexibility index (Phi) is 12.8. The molecule has 15 nitrogen and oxygen atoms in total. The number of primary amides is 1. The summed E-state index contributed by atoms with van der Waals surface area (Å²) >= 11 is 0. The number of methoxy groups -OCH3 is 1. The van der Waals surface area contributed by atoms with Crippen LogP contribution in [0.15, 0.2) is 116 Å². The fourth-order valence-corrected chi connectivity index (χ4v) is 8.66. The third-order valence-electron chi connectivity index (χ3n) is 12.0. The molecule has 6 aromatic rings. The molecule has 2 aliphatic rings. The van der Waals surface area contributed by atoms with Crippen LogP contribution < -0.4 is 15.8 Å². The topological polar surface area (TPSA) is 198 Å². The van der Waals surface area contributed by atoms with Gasteiger partial charge in [-0.1, -0.05) is 91.0 Å². The zero-order valence-electron chi connectivity index (χ0n) is 36.1. The summed E-state index contributed by atoms with van der Waals surface area (Å²) in [5.74, 6) is 1.52. The summed E-state index contributed by atoms with van der Waals surface area (Å²) in [6, 6.07) is 32.4. The van der Waals surface area contributed by atoms with Gasteiger partial charge >= 0.3 is 12.2 Å². The number of ether oxygens (including phenoxy) is 3. The van der Waals surface area contributed by atoms with Gasteiger partial charge in [0.05, 0.1) is 43.0 Å². The summed E-state index contributed by atoms with van der Waals surface area (Å²) in [5, 5.41) is 2.56. The third-order valence-corrected chi connectivity index (χ3v) is 12.0. The first-order valence-electron chi connectivity index (χ1n) is 21.5. The maximum Gasteiger partial charge on any atom is 0.407 e. The first-order valence-corrected chi connectivity index (χ1v) is 21.5. The maximum atomic E-state index is 14.3. The van der Waals surface area contributed by atoms with E-state index in [0.29, 0.717) is 43.5 Å². The second kappa shape index (κ2) is 18.9. The zero-order chi connectivity index (χ0) is 44.8. The SMILES string of the molecule is COC(=O)N[C@@H](C)C(=O)N1CCC[C@H]1c1ncc(-c2ccc(-c3ccc(-c4cnc([C@@H]5CCCN5C(=O)[C@](C)(Cc5ccc(OCc6ccccc6)cc5)OC(N)=O)[nH]4)cc3)cc2)[nH]1. The highest BCUT2D eigenvalue weighted by Gasteiger charge is 2.45. The number of aromatic nitrogens is 4. The van der Waals surface area contributed by atoms with Crippen molar-refractivity contribution < 1.29 is 33.4 Å². The molecule has 2 aliphatic heterocycles. The predicted octanol–water partition coefficient (Wildman–Crippen LogP) is 7.88. The third kappa shape index (κ3) is 9.63. The van der Waals surface area contributed by atoms with Crippen LogP contribution in [0.25, 0.3) is 33.6 Å². The number of nitrogens with one attached hydrogen (secondary N) is 3. The smallest absolute Gasteiger partial charge is 0.407 e. The number of carbonyl (C=O) groups is 4. The van der Waals surface area contributed by atoms with E-state index in [4.69, 9.17) is 20.2 Å². The number of likely N-dealkylation sites (tertiary alicyclic amines) is 2. The van der Waals surface area contributed by atoms with Crippen molar-refractivity contribution in [3.05, 3.63) is 138 Å². The number of H-pyrrole nitrogens is 2. The van der Waals surface area contributed by atoms with E-state index in [1.54, 1.807) is 36.0 Å². The van der Waals surface area contributed by atoms with Crippen LogP contribution in [0.5, 0.6) is 5.75 Å². The number of nitrogens with zero attached hydrogens (tertiary/aromatic N) is 4. The van der Waals surface area contributed by atoms with Crippen molar-refractivity contribution in [1.29, 1.82) is 0 Å². The van der Waals surface area contributed by atoms with Crippen LogP contribution in [-0.2, 0) is 32.1 Å². The lowest BCUT2D eigenvalue weighted by atomic mass is 9.94. The van der Waals surface area contributed by atoms with E-state index in [0.717, 1.165) is 64.0 Å². The molecule has 0 bridgehead atoms. The molecule has 0 unspecified atom stereocenters. The van der Waals surface area contributed by atoms with Gasteiger partial charge in [-0.2, -0.15) is 0 Å². The number of rotatable bonds is 14. The fraction of sp³-hybridized carbons (Fsp3) is 0.306. The van der Waals surface area contributed by atoms with Crippen LogP contribution in [0.3, 0.4) is 0 Å². The molecule has 4 aromatic carbocycles. The quantitative estimate of drug-likeness (QED) is 0.0842. The van der Waals surface area contributed by atoms with Gasteiger partial charge in [0, 0.05) is 19.5 Å². The molecule has 2 aromatic heterocycles. The summed E-state index contributed by atoms with van der Waals surface area (Å²) in [4.78, 5) is 71.0. The number of nitrogens with two attached hydrogens (primary N) is 1. The fourth-order valence-electron chi connectivity index (χ4n) is 8.66. The van der Waals surface area contributed by atoms with Crippen molar-refractivity contribution in [2.45, 2.75) is 76.3 Å². The molecule has 5 N–H and O–H groups in total. The van der Waals surface area contributed by atoms with Gasteiger partial charge in [-0.05, 0) is 85.0 Å². The van der Waals surface area contributed by atoms with Crippen molar-refractivity contribution in [3.63, 3.8) is 0 Å². The highest BCUT2D eigenvalue weighted by atomic mass is 16.6. The Hall–Kier alpha value is -7.42. The zero-order valence-corrected chi connectivity index (χ0v) is 36.1. The molecule has 8 rings (SSSR count). The first-order chi connectivity index (χ1) is 31.0. The van der Waals surface area contributed by atoms with Gasteiger partial charge in [0.15, 0.2) is 5.60 Å². The van der Waals surface area contributed by atoms with E-state index in [-0.39, 0.29) is 30.3 Å². The Bertz CT molecular complexity index is 2580. The van der Waals surface area contributed by atoms with E-state index >= 15 is 0 Å². The second-order valence-electron chi connectivity index (χ2n) is 16.5. The van der Waals surface area contributed by atoms with Crippen molar-refractivity contribution in [2.24, 2.45) is 5.73 Å². The van der Waals surface area contributed by atoms with Crippen LogP contribution in [0, 0.1) is 0 Å². The lowest BCUT2D eigenvalue weighted by Gasteiger charge is -2.34. The van der Waals surface area contributed by atoms with E-state index < -0.39 is 23.8 Å². The number of carbonyl (C=O) groups excluding carboxylic acids is 4. The Balaban J connectivity index is 0.899. The Labute approximate surface area is 371 Å². The second-order valence-corrected chi connectivity index (χ2v) is 16.5. The average Bonchev–Trinajstić information content (AvgIpc) is 4.16. The van der Waals surface area contributed by atoms with Crippen LogP contribution in [0.4, 0.5) is 9.59 Å². The number of alkyl carbamates (subject to hydrolysis) is 1. The first kappa shape index (κ1) is 43.2. The number of aromatic amines is 2. The number of hydrogen-bond acceptors (Lipinski definition) is 9. The summed E-state index contributed by atoms with van der Waals surface area (Å²) in [6.45, 7) is 4.75. The normalized spacial score (nSPS) is 17.4. The van der Waals surface area contributed by atoms with E-state index in [2.05, 4.69) is 49.3 Å². The highest BCUT2D eigenvalue weighted by Crippen LogP contribution is 2.36. The average molecular weight is 865 g/mol. The van der Waals surface area contributed by atoms with Crippen molar-refractivity contribution in [1.82, 2.24) is 35.1 Å². The van der Waals surface area contributed by atoms with Crippen LogP contribution >= 0.6 is 0 Å². The van der Waals surface area contributed by atoms with Gasteiger partial charge in [0.25, 0.3) is 5.91 Å². The Morgan fingerprint density at radius 1 is 0.750 bits per heavy atom. The highest BCUT2D eigenvalue weighted by molar-refractivity contribution is 5.88. The van der Waals surface area contributed by atoms with Crippen LogP contribution in [0.1, 0.15) is 74.4 Å². The number of hydrogen-bond donors (Lipinski definition) is 4. The standard InChI is InChI=1S/C49H52N8O7/c1-31(53-48(61)62-3)45(58)56-25-7-11-41(56)43-51-28-39(54-43)36-19-15-34(16-20-36)35-17-21-37(22-18-35)40-29-52-44(55-40)42-12-8-26-57(42)46(59)49(2,64-47(50)60)27-32-13-23-38(24-14-32)63-30-33-9-5-4-6-10-33/h4-6,9-10,13-24,28-29,31,41-42H,7-8,11-12,25-27,30H2,1-3H3,(H2,50,60)(H,51,54)(H,52,55)(H,53,61)/t31-,41-,42-,49-/m0/s1. The molecular formula is C49H52N8O7. The van der Waals surface area contributed by atoms with E-state index in [1.165, 1.54) is 7.11 Å². The van der Waals surface area contributed by atoms with E-state index in [9.17, 15) is 19.2 Å². The van der Waals surface area contributed by atoms with Crippen LogP contribution in [0.2, 0.25) is 0 Å². The monoisotopic (exact) mass is 864 g/mol. The minimum Gasteiger partial charge on any atom is -0.489 e. The summed E-state index contributed by atoms with van der Waals surface area (Å²) in [6.07, 6.45) is 5.09. The number of amides is 4. The molecule has 0 saturated carbocycles. The summed E-state index contributed by atoms with van der Waals surface area (Å²) in [5.41, 5.74) is 11.5. The molecule has 4 heterocycles. The number of imidazole rings is 2. The van der Waals surface area contributed by atoms with Gasteiger partial charge < -0.3 is 45.0 Å². The van der Waals surface area contributed by atoms with Crippen LogP contribution in [-0.4, -0.2) is 85.6 Å². The van der Waals surface area contributed by atoms with E-state index in [1.807, 2.05) is 78.9 Å². The number of benzene rings is 4. The summed E-state index contributed by atoms with van der Waals surface area (Å²) in [7, 11) is 1.27.